The van der Waals surface area contributed by atoms with Crippen molar-refractivity contribution < 1.29 is 28.9 Å². The fourth-order valence-electron chi connectivity index (χ4n) is 1.43. The Morgan fingerprint density at radius 3 is 2.17 bits per heavy atom. The van der Waals surface area contributed by atoms with Crippen LogP contribution in [0, 0.1) is 0 Å². The molecule has 132 valence electrons. The van der Waals surface area contributed by atoms with Crippen molar-refractivity contribution in [2.45, 2.75) is 19.8 Å². The van der Waals surface area contributed by atoms with E-state index in [2.05, 4.69) is 16.1 Å². The number of benzene rings is 1. The van der Waals surface area contributed by atoms with Crippen LogP contribution in [0.25, 0.3) is 0 Å². The molecule has 0 atom stereocenters. The van der Waals surface area contributed by atoms with E-state index in [-0.39, 0.29) is 19.0 Å². The number of hydrogen-bond donors (Lipinski definition) is 1. The molecule has 0 saturated heterocycles. The van der Waals surface area contributed by atoms with E-state index in [0.29, 0.717) is 23.3 Å². The van der Waals surface area contributed by atoms with Crippen molar-refractivity contribution in [3.63, 3.8) is 0 Å². The Morgan fingerprint density at radius 2 is 1.71 bits per heavy atom. The maximum atomic E-state index is 11.2. The Bertz CT molecular complexity index is 548. The van der Waals surface area contributed by atoms with Crippen LogP contribution in [0.3, 0.4) is 0 Å². The van der Waals surface area contributed by atoms with E-state index in [9.17, 15) is 9.59 Å². The largest absolute Gasteiger partial charge is 0.466 e. The van der Waals surface area contributed by atoms with Crippen molar-refractivity contribution in [2.24, 2.45) is 0 Å². The van der Waals surface area contributed by atoms with E-state index in [1.54, 1.807) is 0 Å². The average molecular weight is 336 g/mol. The molecule has 6 nitrogen and oxygen atoms in total. The molecule has 0 radical (unpaired) electrons. The number of para-hydroxylation sites is 1. The molecule has 1 rings (SSSR count). The van der Waals surface area contributed by atoms with Gasteiger partial charge >= 0.3 is 11.9 Å². The number of ether oxygens (including phenoxy) is 3. The molecule has 1 aromatic rings. The molecule has 0 aliphatic rings. The van der Waals surface area contributed by atoms with Gasteiger partial charge in [-0.1, -0.05) is 31.7 Å². The molecule has 0 bridgehead atoms. The van der Waals surface area contributed by atoms with Crippen LogP contribution in [0.5, 0.6) is 5.75 Å². The number of carbonyl (C=O) groups excluding carboxylic acids is 2. The molecular weight excluding hydrogens is 312 g/mol. The van der Waals surface area contributed by atoms with E-state index in [1.807, 2.05) is 37.3 Å². The van der Waals surface area contributed by atoms with Crippen molar-refractivity contribution >= 4 is 11.9 Å². The molecule has 0 aromatic heterocycles. The molecule has 0 aliphatic heterocycles. The van der Waals surface area contributed by atoms with Gasteiger partial charge in [-0.3, -0.25) is 0 Å². The molecule has 1 aromatic carbocycles. The second kappa shape index (κ2) is 12.9. The third kappa shape index (κ3) is 8.75. The molecule has 0 fully saturated rings. The van der Waals surface area contributed by atoms with Crippen LogP contribution in [-0.4, -0.2) is 37.9 Å². The van der Waals surface area contributed by atoms with Gasteiger partial charge in [0.1, 0.15) is 12.0 Å². The van der Waals surface area contributed by atoms with E-state index in [1.165, 1.54) is 20.5 Å². The molecular formula is C18H24O6. The van der Waals surface area contributed by atoms with Crippen LogP contribution >= 0.6 is 0 Å². The predicted molar refractivity (Wildman–Crippen MR) is 90.3 cm³/mol. The number of esters is 2. The van der Waals surface area contributed by atoms with Crippen LogP contribution in [0.2, 0.25) is 0 Å². The summed E-state index contributed by atoms with van der Waals surface area (Å²) >= 11 is 0. The van der Waals surface area contributed by atoms with Crippen LogP contribution in [-0.2, 0) is 19.1 Å². The first kappa shape index (κ1) is 21.4. The first-order chi connectivity index (χ1) is 11.5. The van der Waals surface area contributed by atoms with Crippen LogP contribution in [0.4, 0.5) is 0 Å². The monoisotopic (exact) mass is 336 g/mol. The van der Waals surface area contributed by atoms with Gasteiger partial charge in [-0.05, 0) is 18.6 Å². The fourth-order valence-corrected chi connectivity index (χ4v) is 1.43. The lowest BCUT2D eigenvalue weighted by atomic mass is 10.2. The maximum absolute atomic E-state index is 11.2. The standard InChI is InChI=1S/C12H14O3.C6H10O3/c1-3-10(12(13)14-2)9-15-11-7-5-4-6-8-11;1-5(3-4-7)6(8)9-2/h4-9H,3H2,1-2H3;7H,1,3-4H2,2H3. The quantitative estimate of drug-likeness (QED) is 0.468. The Labute approximate surface area is 142 Å². The molecule has 0 amide bonds. The van der Waals surface area contributed by atoms with Crippen molar-refractivity contribution in [2.75, 3.05) is 20.8 Å². The summed E-state index contributed by atoms with van der Waals surface area (Å²) in [6.07, 6.45) is 2.30. The molecule has 0 unspecified atom stereocenters. The van der Waals surface area contributed by atoms with Crippen molar-refractivity contribution in [3.05, 3.63) is 54.3 Å². The van der Waals surface area contributed by atoms with Gasteiger partial charge in [-0.15, -0.1) is 0 Å². The van der Waals surface area contributed by atoms with Gasteiger partial charge in [-0.25, -0.2) is 9.59 Å². The zero-order valence-corrected chi connectivity index (χ0v) is 14.3. The minimum absolute atomic E-state index is 0.0616. The predicted octanol–water partition coefficient (Wildman–Crippen LogP) is 2.63. The van der Waals surface area contributed by atoms with Gasteiger partial charge < -0.3 is 19.3 Å². The Hall–Kier alpha value is -2.60. The highest BCUT2D eigenvalue weighted by atomic mass is 16.5. The zero-order chi connectivity index (χ0) is 18.4. The third-order valence-corrected chi connectivity index (χ3v) is 2.80. The average Bonchev–Trinajstić information content (AvgIpc) is 2.62. The highest BCUT2D eigenvalue weighted by Gasteiger charge is 2.07. The lowest BCUT2D eigenvalue weighted by Crippen LogP contribution is -2.05. The molecule has 0 saturated carbocycles. The minimum atomic E-state index is -0.455. The molecule has 24 heavy (non-hydrogen) atoms. The van der Waals surface area contributed by atoms with Gasteiger partial charge in [0.15, 0.2) is 0 Å². The summed E-state index contributed by atoms with van der Waals surface area (Å²) in [5.41, 5.74) is 0.821. The van der Waals surface area contributed by atoms with E-state index < -0.39 is 5.97 Å². The third-order valence-electron chi connectivity index (χ3n) is 2.80. The Morgan fingerprint density at radius 1 is 1.12 bits per heavy atom. The number of aliphatic hydroxyl groups excluding tert-OH is 1. The normalized spacial score (nSPS) is 10.1. The van der Waals surface area contributed by atoms with Gasteiger partial charge in [-0.2, -0.15) is 0 Å². The van der Waals surface area contributed by atoms with E-state index >= 15 is 0 Å². The summed E-state index contributed by atoms with van der Waals surface area (Å²) in [5, 5.41) is 8.31. The lowest BCUT2D eigenvalue weighted by molar-refractivity contribution is -0.137. The first-order valence-electron chi connectivity index (χ1n) is 7.36. The van der Waals surface area contributed by atoms with Crippen LogP contribution in [0.1, 0.15) is 19.8 Å². The summed E-state index contributed by atoms with van der Waals surface area (Å²) < 4.78 is 14.2. The Balaban J connectivity index is 0.000000506. The van der Waals surface area contributed by atoms with E-state index in [0.717, 1.165) is 0 Å². The zero-order valence-electron chi connectivity index (χ0n) is 14.3. The second-order valence-electron chi connectivity index (χ2n) is 4.49. The molecule has 1 N–H and O–H groups in total. The topological polar surface area (TPSA) is 82.1 Å². The number of carbonyl (C=O) groups is 2. The summed E-state index contributed by atoms with van der Waals surface area (Å²) in [6.45, 7) is 5.19. The Kier molecular flexibility index (Phi) is 11.5. The highest BCUT2D eigenvalue weighted by Crippen LogP contribution is 2.11. The number of methoxy groups -OCH3 is 2. The SMILES string of the molecule is C=C(CCO)C(=O)OC.CCC(=COc1ccccc1)C(=O)OC. The molecule has 0 aliphatic carbocycles. The van der Waals surface area contributed by atoms with Gasteiger partial charge in [0.25, 0.3) is 0 Å². The number of aliphatic hydroxyl groups is 1. The first-order valence-corrected chi connectivity index (χ1v) is 7.36. The van der Waals surface area contributed by atoms with Crippen molar-refractivity contribution in [3.8, 4) is 5.75 Å². The van der Waals surface area contributed by atoms with Crippen molar-refractivity contribution in [1.82, 2.24) is 0 Å². The number of hydrogen-bond acceptors (Lipinski definition) is 6. The van der Waals surface area contributed by atoms with Crippen LogP contribution in [0.15, 0.2) is 54.3 Å². The fraction of sp³-hybridized carbons (Fsp3) is 0.333. The second-order valence-corrected chi connectivity index (χ2v) is 4.49. The summed E-state index contributed by atoms with van der Waals surface area (Å²) in [4.78, 5) is 21.7. The number of rotatable bonds is 7. The molecule has 6 heteroatoms. The summed E-state index contributed by atoms with van der Waals surface area (Å²) in [7, 11) is 2.64. The van der Waals surface area contributed by atoms with Crippen LogP contribution < -0.4 is 4.74 Å². The van der Waals surface area contributed by atoms with Gasteiger partial charge in [0.05, 0.1) is 19.8 Å². The van der Waals surface area contributed by atoms with Gasteiger partial charge in [0, 0.05) is 18.6 Å². The summed E-state index contributed by atoms with van der Waals surface area (Å²) in [6, 6.07) is 9.28. The van der Waals surface area contributed by atoms with Gasteiger partial charge in [0.2, 0.25) is 0 Å². The summed E-state index contributed by atoms with van der Waals surface area (Å²) in [5.74, 6) is -0.107. The molecule has 0 spiro atoms. The highest BCUT2D eigenvalue weighted by molar-refractivity contribution is 5.88. The lowest BCUT2D eigenvalue weighted by Gasteiger charge is -2.03. The molecule has 0 heterocycles. The maximum Gasteiger partial charge on any atom is 0.336 e. The van der Waals surface area contributed by atoms with Crippen molar-refractivity contribution in [1.29, 1.82) is 0 Å². The minimum Gasteiger partial charge on any atom is -0.466 e. The smallest absolute Gasteiger partial charge is 0.336 e. The van der Waals surface area contributed by atoms with E-state index in [4.69, 9.17) is 9.84 Å².